The maximum atomic E-state index is 13.5. The standard InChI is InChI=1S/C42H75NO3/c1-3-5-7-9-11-13-15-17-19-20-22-24-26-28-30-34-38-43(41(44)39-35-31-32-36-40(39)42(45)46)37-33-29-27-25-23-21-18-16-14-12-10-8-6-4-2/h31-32,35-36H,3-30,33-34,37-38H2,1-2H3,(H,45,46). The molecule has 0 aliphatic rings. The Labute approximate surface area is 285 Å². The van der Waals surface area contributed by atoms with Gasteiger partial charge in [0.25, 0.3) is 5.91 Å². The van der Waals surface area contributed by atoms with Crippen molar-refractivity contribution in [3.8, 4) is 0 Å². The fourth-order valence-corrected chi connectivity index (χ4v) is 6.69. The lowest BCUT2D eigenvalue weighted by Gasteiger charge is -2.23. The molecule has 1 rings (SSSR count). The number of benzene rings is 1. The molecule has 1 N–H and O–H groups in total. The predicted molar refractivity (Wildman–Crippen MR) is 199 cm³/mol. The molecule has 0 aromatic heterocycles. The van der Waals surface area contributed by atoms with Crippen LogP contribution < -0.4 is 0 Å². The lowest BCUT2D eigenvalue weighted by molar-refractivity contribution is 0.0673. The number of carboxylic acids is 1. The highest BCUT2D eigenvalue weighted by molar-refractivity contribution is 6.04. The molecule has 0 unspecified atom stereocenters. The Hall–Kier alpha value is -1.84. The fourth-order valence-electron chi connectivity index (χ4n) is 6.69. The highest BCUT2D eigenvalue weighted by Crippen LogP contribution is 2.18. The SMILES string of the molecule is CCCCCCCCCCCCCCCCCCN(CCCCCCCCCCCCCCCC)C(=O)c1ccccc1C(=O)O. The Morgan fingerprint density at radius 2 is 0.696 bits per heavy atom. The molecule has 0 saturated carbocycles. The summed E-state index contributed by atoms with van der Waals surface area (Å²) in [6.07, 6.45) is 39.8. The van der Waals surface area contributed by atoms with Gasteiger partial charge in [-0.1, -0.05) is 206 Å². The zero-order valence-corrected chi connectivity index (χ0v) is 30.6. The maximum Gasteiger partial charge on any atom is 0.336 e. The Balaban J connectivity index is 2.24. The highest BCUT2D eigenvalue weighted by Gasteiger charge is 2.21. The topological polar surface area (TPSA) is 57.6 Å². The summed E-state index contributed by atoms with van der Waals surface area (Å²) >= 11 is 0. The molecule has 266 valence electrons. The highest BCUT2D eigenvalue weighted by atomic mass is 16.4. The average Bonchev–Trinajstić information content (AvgIpc) is 3.06. The van der Waals surface area contributed by atoms with Gasteiger partial charge < -0.3 is 10.0 Å². The molecular weight excluding hydrogens is 566 g/mol. The third-order valence-corrected chi connectivity index (χ3v) is 9.74. The summed E-state index contributed by atoms with van der Waals surface area (Å²) in [6, 6.07) is 6.71. The van der Waals surface area contributed by atoms with Gasteiger partial charge in [-0.3, -0.25) is 4.79 Å². The number of unbranched alkanes of at least 4 members (excludes halogenated alkanes) is 28. The van der Waals surface area contributed by atoms with Crippen molar-refractivity contribution in [3.05, 3.63) is 35.4 Å². The maximum absolute atomic E-state index is 13.5. The number of nitrogens with zero attached hydrogens (tertiary/aromatic N) is 1. The Kier molecular flexibility index (Phi) is 29.1. The summed E-state index contributed by atoms with van der Waals surface area (Å²) in [7, 11) is 0. The van der Waals surface area contributed by atoms with Crippen LogP contribution in [0.1, 0.15) is 227 Å². The van der Waals surface area contributed by atoms with E-state index >= 15 is 0 Å². The molecule has 1 aromatic rings. The molecule has 4 nitrogen and oxygen atoms in total. The number of hydrogen-bond acceptors (Lipinski definition) is 2. The van der Waals surface area contributed by atoms with Crippen molar-refractivity contribution in [1.82, 2.24) is 4.90 Å². The van der Waals surface area contributed by atoms with Crippen LogP contribution in [0, 0.1) is 0 Å². The van der Waals surface area contributed by atoms with Crippen LogP contribution in [-0.4, -0.2) is 35.0 Å². The van der Waals surface area contributed by atoms with Gasteiger partial charge in [0, 0.05) is 13.1 Å². The van der Waals surface area contributed by atoms with E-state index in [0.29, 0.717) is 5.56 Å². The average molecular weight is 642 g/mol. The van der Waals surface area contributed by atoms with Crippen molar-refractivity contribution in [3.63, 3.8) is 0 Å². The van der Waals surface area contributed by atoms with Crippen molar-refractivity contribution < 1.29 is 14.7 Å². The van der Waals surface area contributed by atoms with Crippen LogP contribution in [0.4, 0.5) is 0 Å². The zero-order chi connectivity index (χ0) is 33.3. The van der Waals surface area contributed by atoms with Gasteiger partial charge in [-0.05, 0) is 25.0 Å². The van der Waals surface area contributed by atoms with E-state index in [1.165, 1.54) is 167 Å². The van der Waals surface area contributed by atoms with Gasteiger partial charge in [-0.25, -0.2) is 4.79 Å². The van der Waals surface area contributed by atoms with Crippen molar-refractivity contribution in [2.75, 3.05) is 13.1 Å². The molecule has 0 aliphatic carbocycles. The minimum atomic E-state index is -1.03. The summed E-state index contributed by atoms with van der Waals surface area (Å²) in [5.41, 5.74) is 0.447. The number of amides is 1. The second kappa shape index (κ2) is 31.7. The van der Waals surface area contributed by atoms with Gasteiger partial charge in [0.2, 0.25) is 0 Å². The zero-order valence-electron chi connectivity index (χ0n) is 30.6. The smallest absolute Gasteiger partial charge is 0.336 e. The Morgan fingerprint density at radius 3 is 0.978 bits per heavy atom. The van der Waals surface area contributed by atoms with E-state index in [-0.39, 0.29) is 11.5 Å². The molecule has 0 aliphatic heterocycles. The summed E-state index contributed by atoms with van der Waals surface area (Å²) in [5.74, 6) is -1.14. The van der Waals surface area contributed by atoms with Crippen molar-refractivity contribution >= 4 is 11.9 Å². The summed E-state index contributed by atoms with van der Waals surface area (Å²) in [5, 5.41) is 9.66. The van der Waals surface area contributed by atoms with Crippen LogP contribution in [0.15, 0.2) is 24.3 Å². The molecule has 1 amide bonds. The fraction of sp³-hybridized carbons (Fsp3) is 0.810. The van der Waals surface area contributed by atoms with Crippen LogP contribution in [0.2, 0.25) is 0 Å². The van der Waals surface area contributed by atoms with Crippen LogP contribution >= 0.6 is 0 Å². The molecule has 0 atom stereocenters. The first-order valence-corrected chi connectivity index (χ1v) is 20.2. The van der Waals surface area contributed by atoms with Gasteiger partial charge in [-0.2, -0.15) is 0 Å². The minimum Gasteiger partial charge on any atom is -0.478 e. The van der Waals surface area contributed by atoms with Gasteiger partial charge in [0.1, 0.15) is 0 Å². The Bertz CT molecular complexity index is 838. The van der Waals surface area contributed by atoms with Crippen molar-refractivity contribution in [1.29, 1.82) is 0 Å². The van der Waals surface area contributed by atoms with Crippen molar-refractivity contribution in [2.45, 2.75) is 206 Å². The van der Waals surface area contributed by atoms with Crippen LogP contribution in [0.5, 0.6) is 0 Å². The molecule has 4 heteroatoms. The quantitative estimate of drug-likeness (QED) is 0.0762. The largest absolute Gasteiger partial charge is 0.478 e. The van der Waals surface area contributed by atoms with Crippen LogP contribution in [-0.2, 0) is 0 Å². The molecule has 0 saturated heterocycles. The second-order valence-corrected chi connectivity index (χ2v) is 14.0. The first kappa shape index (κ1) is 42.2. The van der Waals surface area contributed by atoms with Gasteiger partial charge in [-0.15, -0.1) is 0 Å². The predicted octanol–water partition coefficient (Wildman–Crippen LogP) is 13.6. The Morgan fingerprint density at radius 1 is 0.435 bits per heavy atom. The first-order valence-electron chi connectivity index (χ1n) is 20.2. The van der Waals surface area contributed by atoms with E-state index < -0.39 is 5.97 Å². The number of carbonyl (C=O) groups excluding carboxylic acids is 1. The summed E-state index contributed by atoms with van der Waals surface area (Å²) in [6.45, 7) is 6.01. The monoisotopic (exact) mass is 642 g/mol. The number of aromatic carboxylic acids is 1. The van der Waals surface area contributed by atoms with Crippen molar-refractivity contribution in [2.24, 2.45) is 0 Å². The molecule has 0 heterocycles. The van der Waals surface area contributed by atoms with Crippen LogP contribution in [0.3, 0.4) is 0 Å². The van der Waals surface area contributed by atoms with E-state index in [9.17, 15) is 14.7 Å². The van der Waals surface area contributed by atoms with E-state index in [1.807, 2.05) is 4.90 Å². The number of carbonyl (C=O) groups is 2. The molecule has 46 heavy (non-hydrogen) atoms. The minimum absolute atomic E-state index is 0.116. The van der Waals surface area contributed by atoms with Gasteiger partial charge in [0.15, 0.2) is 0 Å². The second-order valence-electron chi connectivity index (χ2n) is 14.0. The lowest BCUT2D eigenvalue weighted by Crippen LogP contribution is -2.34. The summed E-state index contributed by atoms with van der Waals surface area (Å²) in [4.78, 5) is 27.2. The van der Waals surface area contributed by atoms with E-state index in [0.717, 1.165) is 38.8 Å². The van der Waals surface area contributed by atoms with Crippen LogP contribution in [0.25, 0.3) is 0 Å². The molecule has 0 fully saturated rings. The lowest BCUT2D eigenvalue weighted by atomic mass is 10.0. The molecular formula is C42H75NO3. The number of rotatable bonds is 34. The van der Waals surface area contributed by atoms with E-state index in [2.05, 4.69) is 13.8 Å². The number of carboxylic acid groups (broad SMARTS) is 1. The molecule has 0 spiro atoms. The first-order chi connectivity index (χ1) is 22.6. The van der Waals surface area contributed by atoms with Gasteiger partial charge >= 0.3 is 5.97 Å². The molecule has 0 bridgehead atoms. The van der Waals surface area contributed by atoms with E-state index in [1.54, 1.807) is 24.3 Å². The number of hydrogen-bond donors (Lipinski definition) is 1. The third-order valence-electron chi connectivity index (χ3n) is 9.74. The van der Waals surface area contributed by atoms with Gasteiger partial charge in [0.05, 0.1) is 11.1 Å². The normalized spacial score (nSPS) is 11.3. The molecule has 1 aromatic carbocycles. The summed E-state index contributed by atoms with van der Waals surface area (Å²) < 4.78 is 0. The van der Waals surface area contributed by atoms with E-state index in [4.69, 9.17) is 0 Å². The molecule has 0 radical (unpaired) electrons. The third kappa shape index (κ3) is 23.5.